The average molecular weight is 273 g/mol. The van der Waals surface area contributed by atoms with Crippen LogP contribution in [-0.4, -0.2) is 29.9 Å². The SMILES string of the molecule is OCc1cnc(OCC2CCOCC2)c2ccccc12. The van der Waals surface area contributed by atoms with Gasteiger partial charge in [-0.15, -0.1) is 0 Å². The summed E-state index contributed by atoms with van der Waals surface area (Å²) in [7, 11) is 0. The molecule has 0 radical (unpaired) electrons. The molecular formula is C16H19NO3. The van der Waals surface area contributed by atoms with Gasteiger partial charge in [0, 0.05) is 30.4 Å². The summed E-state index contributed by atoms with van der Waals surface area (Å²) in [6, 6.07) is 7.90. The Bertz CT molecular complexity index is 579. The molecule has 1 aromatic heterocycles. The van der Waals surface area contributed by atoms with Crippen molar-refractivity contribution in [3.8, 4) is 5.88 Å². The number of hydrogen-bond acceptors (Lipinski definition) is 4. The molecule has 1 N–H and O–H groups in total. The quantitative estimate of drug-likeness (QED) is 0.930. The lowest BCUT2D eigenvalue weighted by Crippen LogP contribution is -2.21. The van der Waals surface area contributed by atoms with E-state index < -0.39 is 0 Å². The molecule has 0 bridgehead atoms. The summed E-state index contributed by atoms with van der Waals surface area (Å²) in [6.45, 7) is 2.32. The Balaban J connectivity index is 1.80. The molecule has 4 heteroatoms. The lowest BCUT2D eigenvalue weighted by molar-refractivity contribution is 0.0493. The van der Waals surface area contributed by atoms with Gasteiger partial charge in [0.1, 0.15) is 0 Å². The van der Waals surface area contributed by atoms with Crippen LogP contribution in [0.3, 0.4) is 0 Å². The fraction of sp³-hybridized carbons (Fsp3) is 0.438. The van der Waals surface area contributed by atoms with Gasteiger partial charge in [0.25, 0.3) is 0 Å². The second-order valence-electron chi connectivity index (χ2n) is 5.16. The number of pyridine rings is 1. The molecule has 0 spiro atoms. The molecule has 0 unspecified atom stereocenters. The van der Waals surface area contributed by atoms with Crippen LogP contribution in [0.15, 0.2) is 30.5 Å². The van der Waals surface area contributed by atoms with E-state index in [-0.39, 0.29) is 6.61 Å². The molecule has 20 heavy (non-hydrogen) atoms. The predicted molar refractivity (Wildman–Crippen MR) is 76.7 cm³/mol. The minimum Gasteiger partial charge on any atom is -0.477 e. The highest BCUT2D eigenvalue weighted by molar-refractivity contribution is 5.89. The fourth-order valence-corrected chi connectivity index (χ4v) is 2.58. The lowest BCUT2D eigenvalue weighted by Gasteiger charge is -2.22. The average Bonchev–Trinajstić information content (AvgIpc) is 2.53. The van der Waals surface area contributed by atoms with Crippen LogP contribution in [0.5, 0.6) is 5.88 Å². The van der Waals surface area contributed by atoms with Crippen molar-refractivity contribution in [2.45, 2.75) is 19.4 Å². The van der Waals surface area contributed by atoms with Gasteiger partial charge in [-0.1, -0.05) is 18.2 Å². The van der Waals surface area contributed by atoms with Crippen molar-refractivity contribution in [2.24, 2.45) is 5.92 Å². The first-order valence-corrected chi connectivity index (χ1v) is 7.06. The van der Waals surface area contributed by atoms with Crippen LogP contribution >= 0.6 is 0 Å². The standard InChI is InChI=1S/C16H19NO3/c18-10-13-9-17-16(15-4-2-1-3-14(13)15)20-11-12-5-7-19-8-6-12/h1-4,9,12,18H,5-8,10-11H2. The number of aliphatic hydroxyl groups is 1. The summed E-state index contributed by atoms with van der Waals surface area (Å²) in [6.07, 6.45) is 3.79. The van der Waals surface area contributed by atoms with Crippen LogP contribution < -0.4 is 4.74 Å². The van der Waals surface area contributed by atoms with E-state index in [0.717, 1.165) is 42.4 Å². The van der Waals surface area contributed by atoms with E-state index in [1.807, 2.05) is 24.3 Å². The van der Waals surface area contributed by atoms with E-state index in [9.17, 15) is 5.11 Å². The summed E-state index contributed by atoms with van der Waals surface area (Å²) in [4.78, 5) is 4.35. The number of aliphatic hydroxyl groups excluding tert-OH is 1. The topological polar surface area (TPSA) is 51.6 Å². The highest BCUT2D eigenvalue weighted by atomic mass is 16.5. The van der Waals surface area contributed by atoms with Crippen molar-refractivity contribution < 1.29 is 14.6 Å². The van der Waals surface area contributed by atoms with Gasteiger partial charge < -0.3 is 14.6 Å². The van der Waals surface area contributed by atoms with Crippen molar-refractivity contribution in [3.05, 3.63) is 36.0 Å². The molecule has 0 amide bonds. The normalized spacial score (nSPS) is 16.4. The van der Waals surface area contributed by atoms with Crippen LogP contribution in [0.4, 0.5) is 0 Å². The molecule has 1 saturated heterocycles. The Kier molecular flexibility index (Phi) is 4.14. The zero-order valence-corrected chi connectivity index (χ0v) is 11.4. The van der Waals surface area contributed by atoms with E-state index in [4.69, 9.17) is 9.47 Å². The highest BCUT2D eigenvalue weighted by Crippen LogP contribution is 2.27. The lowest BCUT2D eigenvalue weighted by atomic mass is 10.0. The Morgan fingerprint density at radius 3 is 2.70 bits per heavy atom. The van der Waals surface area contributed by atoms with E-state index in [1.54, 1.807) is 6.20 Å². The van der Waals surface area contributed by atoms with Gasteiger partial charge in [-0.05, 0) is 30.2 Å². The maximum absolute atomic E-state index is 9.37. The third-order valence-electron chi connectivity index (χ3n) is 3.81. The van der Waals surface area contributed by atoms with Crippen LogP contribution in [0.1, 0.15) is 18.4 Å². The van der Waals surface area contributed by atoms with Crippen molar-refractivity contribution in [3.63, 3.8) is 0 Å². The van der Waals surface area contributed by atoms with Gasteiger partial charge in [-0.3, -0.25) is 0 Å². The molecule has 106 valence electrons. The van der Waals surface area contributed by atoms with Crippen molar-refractivity contribution in [2.75, 3.05) is 19.8 Å². The van der Waals surface area contributed by atoms with E-state index in [2.05, 4.69) is 4.98 Å². The largest absolute Gasteiger partial charge is 0.477 e. The Hall–Kier alpha value is -1.65. The third-order valence-corrected chi connectivity index (χ3v) is 3.81. The molecule has 1 aliphatic rings. The number of benzene rings is 1. The Labute approximate surface area is 118 Å². The minimum absolute atomic E-state index is 0.00619. The van der Waals surface area contributed by atoms with Crippen LogP contribution in [-0.2, 0) is 11.3 Å². The molecule has 2 aromatic rings. The number of fused-ring (bicyclic) bond motifs is 1. The Morgan fingerprint density at radius 2 is 1.95 bits per heavy atom. The second kappa shape index (κ2) is 6.20. The van der Waals surface area contributed by atoms with Crippen molar-refractivity contribution >= 4 is 10.8 Å². The van der Waals surface area contributed by atoms with Gasteiger partial charge in [0.05, 0.1) is 13.2 Å². The zero-order valence-electron chi connectivity index (χ0n) is 11.4. The van der Waals surface area contributed by atoms with Crippen molar-refractivity contribution in [1.82, 2.24) is 4.98 Å². The number of nitrogens with zero attached hydrogens (tertiary/aromatic N) is 1. The highest BCUT2D eigenvalue weighted by Gasteiger charge is 2.15. The molecular weight excluding hydrogens is 254 g/mol. The first kappa shape index (κ1) is 13.3. The first-order chi connectivity index (χ1) is 9.88. The maximum Gasteiger partial charge on any atom is 0.221 e. The first-order valence-electron chi connectivity index (χ1n) is 7.06. The Morgan fingerprint density at radius 1 is 1.20 bits per heavy atom. The monoisotopic (exact) mass is 273 g/mol. The number of hydrogen-bond donors (Lipinski definition) is 1. The molecule has 0 aliphatic carbocycles. The summed E-state index contributed by atoms with van der Waals surface area (Å²) in [5, 5.41) is 11.3. The van der Waals surface area contributed by atoms with E-state index >= 15 is 0 Å². The summed E-state index contributed by atoms with van der Waals surface area (Å²) < 4.78 is 11.3. The predicted octanol–water partition coefficient (Wildman–Crippen LogP) is 2.53. The smallest absolute Gasteiger partial charge is 0.221 e. The molecule has 1 aromatic carbocycles. The molecule has 4 nitrogen and oxygen atoms in total. The molecule has 3 rings (SSSR count). The zero-order chi connectivity index (χ0) is 13.8. The number of ether oxygens (including phenoxy) is 2. The van der Waals surface area contributed by atoms with Crippen LogP contribution in [0.25, 0.3) is 10.8 Å². The fourth-order valence-electron chi connectivity index (χ4n) is 2.58. The van der Waals surface area contributed by atoms with E-state index in [0.29, 0.717) is 18.4 Å². The van der Waals surface area contributed by atoms with Gasteiger partial charge in [-0.25, -0.2) is 4.98 Å². The van der Waals surface area contributed by atoms with Crippen LogP contribution in [0, 0.1) is 5.92 Å². The van der Waals surface area contributed by atoms with Gasteiger partial charge in [-0.2, -0.15) is 0 Å². The summed E-state index contributed by atoms with van der Waals surface area (Å²) >= 11 is 0. The molecule has 1 aliphatic heterocycles. The number of aromatic nitrogens is 1. The van der Waals surface area contributed by atoms with E-state index in [1.165, 1.54) is 0 Å². The number of rotatable bonds is 4. The molecule has 0 atom stereocenters. The van der Waals surface area contributed by atoms with Crippen LogP contribution in [0.2, 0.25) is 0 Å². The molecule has 2 heterocycles. The van der Waals surface area contributed by atoms with Gasteiger partial charge >= 0.3 is 0 Å². The van der Waals surface area contributed by atoms with Crippen molar-refractivity contribution in [1.29, 1.82) is 0 Å². The summed E-state index contributed by atoms with van der Waals surface area (Å²) in [5.74, 6) is 1.20. The van der Waals surface area contributed by atoms with Gasteiger partial charge in [0.2, 0.25) is 5.88 Å². The third kappa shape index (κ3) is 2.76. The maximum atomic E-state index is 9.37. The second-order valence-corrected chi connectivity index (χ2v) is 5.16. The molecule has 1 fully saturated rings. The van der Waals surface area contributed by atoms with Gasteiger partial charge in [0.15, 0.2) is 0 Å². The molecule has 0 saturated carbocycles. The summed E-state index contributed by atoms with van der Waals surface area (Å²) in [5.41, 5.74) is 0.832. The minimum atomic E-state index is -0.00619.